The molecule has 36 heavy (non-hydrogen) atoms. The Bertz CT molecular complexity index is 1460. The molecule has 0 radical (unpaired) electrons. The zero-order chi connectivity index (χ0) is 26.5. The fourth-order valence-corrected chi connectivity index (χ4v) is 5.89. The number of nitrogens with one attached hydrogen (secondary N) is 2. The van der Waals surface area contributed by atoms with Crippen molar-refractivity contribution in [3.63, 3.8) is 0 Å². The van der Waals surface area contributed by atoms with Crippen LogP contribution in [-0.4, -0.2) is 47.8 Å². The lowest BCUT2D eigenvalue weighted by atomic mass is 10.2. The fourth-order valence-electron chi connectivity index (χ4n) is 3.51. The summed E-state index contributed by atoms with van der Waals surface area (Å²) in [5.41, 5.74) is 2.30. The summed E-state index contributed by atoms with van der Waals surface area (Å²) in [6.07, 6.45) is 0. The Labute approximate surface area is 212 Å². The number of hydrogen-bond donors (Lipinski definition) is 2. The number of benzene rings is 3. The van der Waals surface area contributed by atoms with Gasteiger partial charge in [0.15, 0.2) is 0 Å². The van der Waals surface area contributed by atoms with E-state index in [4.69, 9.17) is 4.74 Å². The molecule has 0 fully saturated rings. The molecule has 0 unspecified atom stereocenters. The highest BCUT2D eigenvalue weighted by Gasteiger charge is 2.30. The van der Waals surface area contributed by atoms with Crippen LogP contribution in [-0.2, 0) is 31.4 Å². The van der Waals surface area contributed by atoms with Crippen molar-refractivity contribution >= 4 is 31.6 Å². The van der Waals surface area contributed by atoms with Crippen LogP contribution in [0, 0.1) is 13.8 Å². The normalized spacial score (nSPS) is 11.9. The number of carbonyl (C=O) groups is 1. The number of hydrogen-bond acceptors (Lipinski definition) is 6. The van der Waals surface area contributed by atoms with E-state index >= 15 is 0 Å². The molecule has 0 aromatic heterocycles. The molecule has 11 heteroatoms. The molecular formula is C25H29N3O6S2. The highest BCUT2D eigenvalue weighted by atomic mass is 32.2. The summed E-state index contributed by atoms with van der Waals surface area (Å²) in [5, 5.41) is 2.66. The molecule has 3 rings (SSSR count). The van der Waals surface area contributed by atoms with E-state index in [1.54, 1.807) is 56.3 Å². The number of aryl methyl sites for hydroxylation is 2. The van der Waals surface area contributed by atoms with Crippen LogP contribution in [0.4, 0.5) is 5.69 Å². The van der Waals surface area contributed by atoms with Crippen LogP contribution in [0.2, 0.25) is 0 Å². The minimum atomic E-state index is -4.16. The van der Waals surface area contributed by atoms with E-state index < -0.39 is 32.5 Å². The number of rotatable bonds is 10. The zero-order valence-corrected chi connectivity index (χ0v) is 22.1. The van der Waals surface area contributed by atoms with E-state index in [9.17, 15) is 21.6 Å². The summed E-state index contributed by atoms with van der Waals surface area (Å²) >= 11 is 0. The molecule has 0 atom stereocenters. The molecule has 3 aromatic carbocycles. The summed E-state index contributed by atoms with van der Waals surface area (Å²) in [4.78, 5) is 13.0. The molecular weight excluding hydrogens is 502 g/mol. The summed E-state index contributed by atoms with van der Waals surface area (Å²) < 4.78 is 60.4. The standard InChI is InChI=1S/C25H29N3O6S2/c1-18-10-13-23(34-4)24(14-18)36(32,33)28(16-20-8-6-5-7-9-20)17-25(29)27-22-15-21(12-11-19(22)2)35(30,31)26-3/h5-15,26H,16-17H2,1-4H3,(H,27,29). The van der Waals surface area contributed by atoms with Gasteiger partial charge >= 0.3 is 0 Å². The quantitative estimate of drug-likeness (QED) is 0.415. The second-order valence-corrected chi connectivity index (χ2v) is 11.9. The molecule has 0 heterocycles. The molecule has 3 aromatic rings. The molecule has 0 bridgehead atoms. The lowest BCUT2D eigenvalue weighted by Crippen LogP contribution is -2.38. The maximum absolute atomic E-state index is 13.7. The van der Waals surface area contributed by atoms with Gasteiger partial charge in [0.1, 0.15) is 10.6 Å². The number of anilines is 1. The summed E-state index contributed by atoms with van der Waals surface area (Å²) in [5.74, 6) is -0.455. The molecule has 192 valence electrons. The topological polar surface area (TPSA) is 122 Å². The van der Waals surface area contributed by atoms with Crippen LogP contribution in [0.5, 0.6) is 5.75 Å². The zero-order valence-electron chi connectivity index (χ0n) is 20.5. The van der Waals surface area contributed by atoms with Crippen LogP contribution in [0.15, 0.2) is 76.5 Å². The molecule has 0 aliphatic heterocycles. The molecule has 1 amide bonds. The first kappa shape index (κ1) is 27.3. The Balaban J connectivity index is 1.97. The SMILES string of the molecule is CNS(=O)(=O)c1ccc(C)c(NC(=O)CN(Cc2ccccc2)S(=O)(=O)c2cc(C)ccc2OC)c1. The first-order chi connectivity index (χ1) is 17.0. The average Bonchev–Trinajstić information content (AvgIpc) is 2.85. The predicted octanol–water partition coefficient (Wildman–Crippen LogP) is 3.05. The monoisotopic (exact) mass is 531 g/mol. The van der Waals surface area contributed by atoms with Crippen molar-refractivity contribution in [1.82, 2.24) is 9.03 Å². The number of carbonyl (C=O) groups excluding carboxylic acids is 1. The second kappa shape index (κ2) is 11.2. The maximum Gasteiger partial charge on any atom is 0.247 e. The third kappa shape index (κ3) is 6.30. The van der Waals surface area contributed by atoms with Crippen molar-refractivity contribution in [2.24, 2.45) is 0 Å². The number of sulfonamides is 2. The van der Waals surface area contributed by atoms with E-state index in [0.717, 1.165) is 9.87 Å². The lowest BCUT2D eigenvalue weighted by Gasteiger charge is -2.23. The lowest BCUT2D eigenvalue weighted by molar-refractivity contribution is -0.116. The van der Waals surface area contributed by atoms with Gasteiger partial charge in [-0.3, -0.25) is 4.79 Å². The van der Waals surface area contributed by atoms with Crippen molar-refractivity contribution in [3.8, 4) is 5.75 Å². The van der Waals surface area contributed by atoms with Gasteiger partial charge < -0.3 is 10.1 Å². The highest BCUT2D eigenvalue weighted by molar-refractivity contribution is 7.89. The minimum Gasteiger partial charge on any atom is -0.495 e. The molecule has 0 saturated heterocycles. The van der Waals surface area contributed by atoms with Crippen molar-refractivity contribution in [1.29, 1.82) is 0 Å². The molecule has 0 aliphatic carbocycles. The Hall–Kier alpha value is -3.25. The van der Waals surface area contributed by atoms with E-state index in [0.29, 0.717) is 11.1 Å². The van der Waals surface area contributed by atoms with Gasteiger partial charge in [-0.15, -0.1) is 0 Å². The number of ether oxygens (including phenoxy) is 1. The molecule has 9 nitrogen and oxygen atoms in total. The Morgan fingerprint density at radius 2 is 1.64 bits per heavy atom. The largest absolute Gasteiger partial charge is 0.495 e. The van der Waals surface area contributed by atoms with Crippen molar-refractivity contribution in [3.05, 3.63) is 83.4 Å². The van der Waals surface area contributed by atoms with Gasteiger partial charge in [-0.2, -0.15) is 4.31 Å². The minimum absolute atomic E-state index is 0.0239. The van der Waals surface area contributed by atoms with Gasteiger partial charge in [0, 0.05) is 12.2 Å². The maximum atomic E-state index is 13.7. The Morgan fingerprint density at radius 3 is 2.28 bits per heavy atom. The van der Waals surface area contributed by atoms with Gasteiger partial charge in [0.2, 0.25) is 26.0 Å². The van der Waals surface area contributed by atoms with Crippen LogP contribution >= 0.6 is 0 Å². The third-order valence-electron chi connectivity index (χ3n) is 5.52. The number of nitrogens with zero attached hydrogens (tertiary/aromatic N) is 1. The van der Waals surface area contributed by atoms with E-state index in [1.165, 1.54) is 32.4 Å². The first-order valence-electron chi connectivity index (χ1n) is 11.0. The van der Waals surface area contributed by atoms with E-state index in [1.807, 2.05) is 6.07 Å². The van der Waals surface area contributed by atoms with Gasteiger partial charge in [-0.1, -0.05) is 42.5 Å². The summed E-state index contributed by atoms with van der Waals surface area (Å²) in [6, 6.07) is 18.0. The van der Waals surface area contributed by atoms with Gasteiger partial charge in [-0.05, 0) is 61.9 Å². The summed E-state index contributed by atoms with van der Waals surface area (Å²) in [6.45, 7) is 2.92. The van der Waals surface area contributed by atoms with Crippen LogP contribution in [0.1, 0.15) is 16.7 Å². The fraction of sp³-hybridized carbons (Fsp3) is 0.240. The van der Waals surface area contributed by atoms with Gasteiger partial charge in [0.25, 0.3) is 0 Å². The van der Waals surface area contributed by atoms with Gasteiger partial charge in [-0.25, -0.2) is 21.6 Å². The molecule has 0 spiro atoms. The third-order valence-corrected chi connectivity index (χ3v) is 8.75. The number of methoxy groups -OCH3 is 1. The predicted molar refractivity (Wildman–Crippen MR) is 138 cm³/mol. The summed E-state index contributed by atoms with van der Waals surface area (Å²) in [7, 11) is -5.21. The van der Waals surface area contributed by atoms with Crippen LogP contribution in [0.3, 0.4) is 0 Å². The number of amides is 1. The van der Waals surface area contributed by atoms with Crippen molar-refractivity contribution in [2.45, 2.75) is 30.2 Å². The average molecular weight is 532 g/mol. The van der Waals surface area contributed by atoms with Crippen molar-refractivity contribution < 1.29 is 26.4 Å². The van der Waals surface area contributed by atoms with Crippen molar-refractivity contribution in [2.75, 3.05) is 26.0 Å². The Morgan fingerprint density at radius 1 is 0.944 bits per heavy atom. The first-order valence-corrected chi connectivity index (χ1v) is 13.9. The van der Waals surface area contributed by atoms with E-state index in [2.05, 4.69) is 10.0 Å². The van der Waals surface area contributed by atoms with Crippen LogP contribution < -0.4 is 14.8 Å². The smallest absolute Gasteiger partial charge is 0.247 e. The Kier molecular flexibility index (Phi) is 8.51. The second-order valence-electron chi connectivity index (χ2n) is 8.15. The van der Waals surface area contributed by atoms with Gasteiger partial charge in [0.05, 0.1) is 18.6 Å². The van der Waals surface area contributed by atoms with E-state index in [-0.39, 0.29) is 27.8 Å². The molecule has 0 saturated carbocycles. The molecule has 0 aliphatic rings. The molecule has 2 N–H and O–H groups in total. The van der Waals surface area contributed by atoms with Crippen LogP contribution in [0.25, 0.3) is 0 Å². The highest BCUT2D eigenvalue weighted by Crippen LogP contribution is 2.29.